The van der Waals surface area contributed by atoms with E-state index in [0.717, 1.165) is 44.5 Å². The first-order valence-electron chi connectivity index (χ1n) is 14.9. The smallest absolute Gasteiger partial charge is 0.407 e. The lowest BCUT2D eigenvalue weighted by molar-refractivity contribution is -0.159. The molecule has 6 rings (SSSR count). The third kappa shape index (κ3) is 6.57. The highest BCUT2D eigenvalue weighted by atomic mass is 16.6. The van der Waals surface area contributed by atoms with Crippen molar-refractivity contribution in [1.82, 2.24) is 10.6 Å². The van der Waals surface area contributed by atoms with E-state index in [9.17, 15) is 19.2 Å². The number of benzene rings is 4. The number of fused-ring (bicyclic) bond motifs is 6. The summed E-state index contributed by atoms with van der Waals surface area (Å²) in [6, 6.07) is 32.1. The number of rotatable bonds is 10. The molecule has 0 radical (unpaired) electrons. The van der Waals surface area contributed by atoms with Gasteiger partial charge in [-0.3, -0.25) is 9.59 Å². The van der Waals surface area contributed by atoms with Crippen LogP contribution in [0.5, 0.6) is 0 Å². The van der Waals surface area contributed by atoms with Crippen molar-refractivity contribution in [2.75, 3.05) is 26.3 Å². The quantitative estimate of drug-likeness (QED) is 0.131. The van der Waals surface area contributed by atoms with Crippen LogP contribution in [-0.2, 0) is 23.8 Å². The summed E-state index contributed by atoms with van der Waals surface area (Å²) in [7, 11) is 0. The van der Waals surface area contributed by atoms with Crippen LogP contribution in [0.3, 0.4) is 0 Å². The van der Waals surface area contributed by atoms with Crippen LogP contribution in [-0.4, -0.2) is 50.4 Å². The van der Waals surface area contributed by atoms with E-state index in [1.54, 1.807) is 0 Å². The van der Waals surface area contributed by atoms with Gasteiger partial charge in [-0.1, -0.05) is 97.1 Å². The Hall–Kier alpha value is -5.44. The first kappa shape index (κ1) is 29.6. The Kier molecular flexibility index (Phi) is 8.86. The Labute approximate surface area is 260 Å². The summed E-state index contributed by atoms with van der Waals surface area (Å²) in [6.07, 6.45) is -1.75. The number of carbonyl (C=O) groups is 4. The summed E-state index contributed by atoms with van der Waals surface area (Å²) in [5.74, 6) is -1.74. The van der Waals surface area contributed by atoms with E-state index in [2.05, 4.69) is 34.9 Å². The number of hydrogen-bond donors (Lipinski definition) is 2. The van der Waals surface area contributed by atoms with Crippen LogP contribution in [0.15, 0.2) is 97.1 Å². The van der Waals surface area contributed by atoms with E-state index in [-0.39, 0.29) is 51.0 Å². The molecular weight excluding hydrogens is 572 g/mol. The molecule has 9 nitrogen and oxygen atoms in total. The topological polar surface area (TPSA) is 120 Å². The average Bonchev–Trinajstić information content (AvgIpc) is 3.55. The molecule has 0 saturated carbocycles. The molecule has 0 saturated heterocycles. The summed E-state index contributed by atoms with van der Waals surface area (Å²) < 4.78 is 15.7. The second-order valence-electron chi connectivity index (χ2n) is 10.9. The minimum Gasteiger partial charge on any atom is -0.449 e. The summed E-state index contributed by atoms with van der Waals surface area (Å²) >= 11 is 0. The van der Waals surface area contributed by atoms with Gasteiger partial charge in [-0.15, -0.1) is 0 Å². The van der Waals surface area contributed by atoms with Crippen LogP contribution < -0.4 is 10.6 Å². The lowest BCUT2D eigenvalue weighted by Crippen LogP contribution is -2.30. The molecule has 0 aromatic heterocycles. The van der Waals surface area contributed by atoms with Crippen molar-refractivity contribution in [3.63, 3.8) is 0 Å². The molecule has 0 spiro atoms. The lowest BCUT2D eigenvalue weighted by atomic mass is 9.98. The van der Waals surface area contributed by atoms with Crippen molar-refractivity contribution in [2.24, 2.45) is 0 Å². The number of esters is 2. The number of alkyl carbamates (subject to hydrolysis) is 2. The number of hydrogen-bond acceptors (Lipinski definition) is 7. The van der Waals surface area contributed by atoms with Gasteiger partial charge < -0.3 is 24.8 Å². The monoisotopic (exact) mass is 604 g/mol. The predicted octanol–water partition coefficient (Wildman–Crippen LogP) is 5.91. The maximum absolute atomic E-state index is 12.3. The summed E-state index contributed by atoms with van der Waals surface area (Å²) in [5.41, 5.74) is 8.91. The minimum atomic E-state index is -0.792. The molecule has 0 atom stereocenters. The highest BCUT2D eigenvalue weighted by Gasteiger charge is 2.30. The summed E-state index contributed by atoms with van der Waals surface area (Å²) in [4.78, 5) is 48.7. The van der Waals surface area contributed by atoms with Gasteiger partial charge in [0.2, 0.25) is 0 Å². The fraction of sp³-hybridized carbons (Fsp3) is 0.222. The third-order valence-electron chi connectivity index (χ3n) is 8.11. The lowest BCUT2D eigenvalue weighted by Gasteiger charge is -2.14. The molecule has 2 aliphatic carbocycles. The molecule has 228 valence electrons. The second-order valence-corrected chi connectivity index (χ2v) is 10.9. The summed E-state index contributed by atoms with van der Waals surface area (Å²) in [5, 5.41) is 5.04. The van der Waals surface area contributed by atoms with Crippen molar-refractivity contribution in [1.29, 1.82) is 0 Å². The number of ether oxygens (including phenoxy) is 3. The molecular formula is C36H32N2O7. The molecule has 0 heterocycles. The Morgan fingerprint density at radius 2 is 0.800 bits per heavy atom. The van der Waals surface area contributed by atoms with Crippen LogP contribution in [0.1, 0.15) is 46.9 Å². The zero-order valence-corrected chi connectivity index (χ0v) is 24.5. The van der Waals surface area contributed by atoms with E-state index in [4.69, 9.17) is 14.2 Å². The second kappa shape index (κ2) is 13.5. The predicted molar refractivity (Wildman–Crippen MR) is 166 cm³/mol. The molecule has 45 heavy (non-hydrogen) atoms. The fourth-order valence-electron chi connectivity index (χ4n) is 6.06. The largest absolute Gasteiger partial charge is 0.449 e. The maximum Gasteiger partial charge on any atom is 0.407 e. The van der Waals surface area contributed by atoms with Crippen LogP contribution in [0.4, 0.5) is 9.59 Å². The van der Waals surface area contributed by atoms with E-state index in [1.807, 2.05) is 72.8 Å². The molecule has 0 unspecified atom stereocenters. The van der Waals surface area contributed by atoms with Gasteiger partial charge in [-0.2, -0.15) is 0 Å². The van der Waals surface area contributed by atoms with E-state index >= 15 is 0 Å². The summed E-state index contributed by atoms with van der Waals surface area (Å²) in [6.45, 7) is 0.195. The van der Waals surface area contributed by atoms with Gasteiger partial charge in [-0.25, -0.2) is 9.59 Å². The van der Waals surface area contributed by atoms with E-state index in [0.29, 0.717) is 0 Å². The zero-order valence-electron chi connectivity index (χ0n) is 24.5. The van der Waals surface area contributed by atoms with Crippen LogP contribution in [0.2, 0.25) is 0 Å². The first-order chi connectivity index (χ1) is 22.0. The van der Waals surface area contributed by atoms with Crippen molar-refractivity contribution < 1.29 is 33.4 Å². The minimum absolute atomic E-state index is 0.0548. The average molecular weight is 605 g/mol. The zero-order chi connectivity index (χ0) is 31.2. The van der Waals surface area contributed by atoms with Crippen LogP contribution in [0.25, 0.3) is 22.3 Å². The fourth-order valence-corrected chi connectivity index (χ4v) is 6.06. The van der Waals surface area contributed by atoms with Crippen LogP contribution >= 0.6 is 0 Å². The molecule has 4 aromatic carbocycles. The van der Waals surface area contributed by atoms with Gasteiger partial charge >= 0.3 is 24.1 Å². The van der Waals surface area contributed by atoms with Crippen molar-refractivity contribution in [2.45, 2.75) is 24.7 Å². The van der Waals surface area contributed by atoms with Gasteiger partial charge in [0.15, 0.2) is 0 Å². The van der Waals surface area contributed by atoms with Crippen molar-refractivity contribution >= 4 is 24.1 Å². The van der Waals surface area contributed by atoms with Gasteiger partial charge in [0.05, 0.1) is 12.8 Å². The van der Waals surface area contributed by atoms with E-state index in [1.165, 1.54) is 0 Å². The molecule has 2 amide bonds. The molecule has 2 N–H and O–H groups in total. The number of nitrogens with one attached hydrogen (secondary N) is 2. The highest BCUT2D eigenvalue weighted by molar-refractivity contribution is 5.86. The molecule has 0 bridgehead atoms. The first-order valence-corrected chi connectivity index (χ1v) is 14.9. The molecule has 0 fully saturated rings. The standard InChI is InChI=1S/C36H32N2O7/c39-33(17-19-37-35(41)43-21-31-27-13-5-1-9-23(27)24-10-2-6-14-28(24)31)45-34(40)18-20-38-36(42)44-22-32-29-15-7-3-11-25(29)26-12-4-8-16-30(26)32/h1-16,31-32H,17-22H2,(H,37,41)(H,38,42). The Morgan fingerprint density at radius 1 is 0.489 bits per heavy atom. The molecule has 4 aromatic rings. The van der Waals surface area contributed by atoms with Gasteiger partial charge in [0.25, 0.3) is 0 Å². The highest BCUT2D eigenvalue weighted by Crippen LogP contribution is 2.45. The van der Waals surface area contributed by atoms with Gasteiger partial charge in [0, 0.05) is 24.9 Å². The van der Waals surface area contributed by atoms with Gasteiger partial charge in [0.1, 0.15) is 13.2 Å². The van der Waals surface area contributed by atoms with Gasteiger partial charge in [-0.05, 0) is 44.5 Å². The SMILES string of the molecule is O=C(CCNC(=O)OCC1c2ccccc2-c2ccccc21)OC(=O)CCNC(=O)OCC1c2ccccc2-c2ccccc21. The van der Waals surface area contributed by atoms with E-state index < -0.39 is 24.1 Å². The normalized spacial score (nSPS) is 12.7. The molecule has 2 aliphatic rings. The maximum atomic E-state index is 12.3. The number of amides is 2. The van der Waals surface area contributed by atoms with Crippen molar-refractivity contribution in [3.05, 3.63) is 119 Å². The third-order valence-corrected chi connectivity index (χ3v) is 8.11. The van der Waals surface area contributed by atoms with Crippen LogP contribution in [0, 0.1) is 0 Å². The Morgan fingerprint density at radius 3 is 1.13 bits per heavy atom. The Bertz CT molecular complexity index is 1530. The molecule has 9 heteroatoms. The Balaban J connectivity index is 0.864. The molecule has 0 aliphatic heterocycles. The number of carbonyl (C=O) groups excluding carboxylic acids is 4. The van der Waals surface area contributed by atoms with Crippen molar-refractivity contribution in [3.8, 4) is 22.3 Å².